The molecule has 0 spiro atoms. The van der Waals surface area contributed by atoms with Gasteiger partial charge < -0.3 is 0 Å². The van der Waals surface area contributed by atoms with Gasteiger partial charge in [-0.3, -0.25) is 0 Å². The third-order valence-corrected chi connectivity index (χ3v) is 15.8. The van der Waals surface area contributed by atoms with E-state index in [2.05, 4.69) is 50.5 Å². The van der Waals surface area contributed by atoms with Gasteiger partial charge in [-0.1, -0.05) is 0 Å². The SMILES string of the molecule is c1c[c]([Bi]([c]2ccsc2)[c]2ccsc2)cs1. The van der Waals surface area contributed by atoms with Gasteiger partial charge in [0.2, 0.25) is 0 Å². The molecule has 16 heavy (non-hydrogen) atoms. The van der Waals surface area contributed by atoms with E-state index in [9.17, 15) is 0 Å². The zero-order valence-electron chi connectivity index (χ0n) is 8.37. The van der Waals surface area contributed by atoms with Gasteiger partial charge in [-0.05, 0) is 0 Å². The molecule has 0 N–H and O–H groups in total. The van der Waals surface area contributed by atoms with Gasteiger partial charge >= 0.3 is 116 Å². The summed E-state index contributed by atoms with van der Waals surface area (Å²) < 4.78 is 4.82. The topological polar surface area (TPSA) is 0 Å². The third kappa shape index (κ3) is 2.17. The molecule has 0 saturated carbocycles. The number of thiophene rings is 3. The fraction of sp³-hybridized carbons (Fsp3) is 0. The first-order chi connectivity index (χ1) is 7.95. The molecule has 0 aliphatic heterocycles. The molecule has 0 nitrogen and oxygen atoms in total. The van der Waals surface area contributed by atoms with Gasteiger partial charge in [-0.2, -0.15) is 0 Å². The molecule has 3 heterocycles. The van der Waals surface area contributed by atoms with E-state index < -0.39 is 21.8 Å². The zero-order chi connectivity index (χ0) is 10.8. The Labute approximate surface area is 115 Å². The van der Waals surface area contributed by atoms with E-state index in [0.717, 1.165) is 0 Å². The molecule has 3 aromatic rings. The Morgan fingerprint density at radius 2 is 1.00 bits per heavy atom. The van der Waals surface area contributed by atoms with Crippen LogP contribution in [0.4, 0.5) is 0 Å². The van der Waals surface area contributed by atoms with Gasteiger partial charge in [0.25, 0.3) is 0 Å². The summed E-state index contributed by atoms with van der Waals surface area (Å²) in [6, 6.07) is 6.95. The fourth-order valence-electron chi connectivity index (χ4n) is 1.60. The molecule has 3 aromatic heterocycles. The molecule has 0 bridgehead atoms. The normalized spacial score (nSPS) is 11.1. The van der Waals surface area contributed by atoms with E-state index in [1.54, 1.807) is 9.81 Å². The summed E-state index contributed by atoms with van der Waals surface area (Å²) in [4.78, 5) is 0. The molecule has 3 rings (SSSR count). The second-order valence-corrected chi connectivity index (χ2v) is 14.3. The van der Waals surface area contributed by atoms with Crippen molar-refractivity contribution in [2.24, 2.45) is 0 Å². The van der Waals surface area contributed by atoms with Crippen molar-refractivity contribution < 1.29 is 0 Å². The van der Waals surface area contributed by atoms with Gasteiger partial charge in [-0.15, -0.1) is 0 Å². The summed E-state index contributed by atoms with van der Waals surface area (Å²) in [5.74, 6) is 0. The maximum absolute atomic E-state index is 2.34. The van der Waals surface area contributed by atoms with Gasteiger partial charge in [0.1, 0.15) is 0 Å². The molecule has 4 heteroatoms. The van der Waals surface area contributed by atoms with Crippen molar-refractivity contribution in [2.45, 2.75) is 0 Å². The average Bonchev–Trinajstić information content (AvgIpc) is 3.02. The van der Waals surface area contributed by atoms with Crippen molar-refractivity contribution in [3.05, 3.63) is 50.5 Å². The molecule has 0 atom stereocenters. The second kappa shape index (κ2) is 5.09. The van der Waals surface area contributed by atoms with E-state index in [1.165, 1.54) is 0 Å². The van der Waals surface area contributed by atoms with E-state index in [4.69, 9.17) is 0 Å². The van der Waals surface area contributed by atoms with Crippen LogP contribution in [0.5, 0.6) is 0 Å². The number of rotatable bonds is 3. The van der Waals surface area contributed by atoms with E-state index in [0.29, 0.717) is 0 Å². The summed E-state index contributed by atoms with van der Waals surface area (Å²) in [5, 5.41) is 13.6. The Morgan fingerprint density at radius 3 is 1.25 bits per heavy atom. The zero-order valence-corrected chi connectivity index (χ0v) is 14.3. The Kier molecular flexibility index (Phi) is 3.53. The van der Waals surface area contributed by atoms with Crippen LogP contribution in [0.2, 0.25) is 0 Å². The van der Waals surface area contributed by atoms with E-state index >= 15 is 0 Å². The summed E-state index contributed by atoms with van der Waals surface area (Å²) in [7, 11) is 0. The first-order valence-corrected chi connectivity index (χ1v) is 12.9. The van der Waals surface area contributed by atoms with Crippen LogP contribution in [0.25, 0.3) is 0 Å². The van der Waals surface area contributed by atoms with Crippen molar-refractivity contribution in [1.82, 2.24) is 0 Å². The predicted octanol–water partition coefficient (Wildman–Crippen LogP) is 2.39. The molecule has 0 unspecified atom stereocenters. The van der Waals surface area contributed by atoms with Crippen molar-refractivity contribution in [3.63, 3.8) is 0 Å². The van der Waals surface area contributed by atoms with Crippen molar-refractivity contribution >= 4 is 65.6 Å². The summed E-state index contributed by atoms with van der Waals surface area (Å²) in [5.41, 5.74) is 0. The number of hydrogen-bond donors (Lipinski definition) is 0. The molecule has 0 saturated heterocycles. The molecule has 0 aliphatic rings. The van der Waals surface area contributed by atoms with Crippen LogP contribution < -0.4 is 9.81 Å². The summed E-state index contributed by atoms with van der Waals surface area (Å²) >= 11 is 3.61. The van der Waals surface area contributed by atoms with Crippen LogP contribution in [0.1, 0.15) is 0 Å². The van der Waals surface area contributed by atoms with Crippen molar-refractivity contribution in [3.8, 4) is 0 Å². The second-order valence-electron chi connectivity index (χ2n) is 3.28. The fourth-order valence-corrected chi connectivity index (χ4v) is 16.6. The molecule has 0 radical (unpaired) electrons. The number of hydrogen-bond acceptors (Lipinski definition) is 3. The Morgan fingerprint density at radius 1 is 0.625 bits per heavy atom. The minimum absolute atomic E-state index is 1.61. The summed E-state index contributed by atoms with van der Waals surface area (Å²) in [6.07, 6.45) is 0. The molecule has 0 aromatic carbocycles. The van der Waals surface area contributed by atoms with Gasteiger partial charge in [-0.25, -0.2) is 0 Å². The first kappa shape index (κ1) is 11.1. The van der Waals surface area contributed by atoms with Crippen LogP contribution in [0.3, 0.4) is 0 Å². The standard InChI is InChI=1S/3C4H3S.Bi/c3*1-2-4-5-3-1;/h3*1,3-4H;. The first-order valence-electron chi connectivity index (χ1n) is 4.82. The van der Waals surface area contributed by atoms with E-state index in [-0.39, 0.29) is 0 Å². The van der Waals surface area contributed by atoms with Crippen LogP contribution >= 0.6 is 34.0 Å². The van der Waals surface area contributed by atoms with Crippen LogP contribution in [0.15, 0.2) is 50.5 Å². The van der Waals surface area contributed by atoms with Crippen LogP contribution in [0, 0.1) is 0 Å². The predicted molar refractivity (Wildman–Crippen MR) is 77.6 cm³/mol. The van der Waals surface area contributed by atoms with Crippen LogP contribution in [-0.2, 0) is 0 Å². The van der Waals surface area contributed by atoms with E-state index in [1.807, 2.05) is 34.0 Å². The van der Waals surface area contributed by atoms with Crippen molar-refractivity contribution in [2.75, 3.05) is 0 Å². The Hall–Kier alpha value is -0.0169. The molecule has 0 aliphatic carbocycles. The maximum atomic E-state index is 2.34. The quantitative estimate of drug-likeness (QED) is 0.529. The minimum atomic E-state index is -1.85. The monoisotopic (exact) mass is 458 g/mol. The average molecular weight is 458 g/mol. The Bertz CT molecular complexity index is 441. The molecular formula is C12H9BiS3. The molecule has 80 valence electrons. The van der Waals surface area contributed by atoms with Crippen molar-refractivity contribution in [1.29, 1.82) is 0 Å². The Balaban J connectivity index is 2.09. The summed E-state index contributed by atoms with van der Waals surface area (Å²) in [6.45, 7) is 0. The van der Waals surface area contributed by atoms with Crippen LogP contribution in [-0.4, -0.2) is 21.8 Å². The third-order valence-electron chi connectivity index (χ3n) is 2.29. The van der Waals surface area contributed by atoms with Gasteiger partial charge in [0, 0.05) is 0 Å². The molecule has 0 fully saturated rings. The molecule has 0 amide bonds. The van der Waals surface area contributed by atoms with Gasteiger partial charge in [0.15, 0.2) is 0 Å². The molecular weight excluding hydrogens is 449 g/mol. The van der Waals surface area contributed by atoms with Gasteiger partial charge in [0.05, 0.1) is 0 Å².